The molecule has 4 rings (SSSR count). The number of aromatic nitrogens is 2. The molecule has 4 aromatic rings. The van der Waals surface area contributed by atoms with Gasteiger partial charge in [-0.2, -0.15) is 10.4 Å². The lowest BCUT2D eigenvalue weighted by Gasteiger charge is -2.38. The van der Waals surface area contributed by atoms with Crippen LogP contribution in [0.4, 0.5) is 11.5 Å². The van der Waals surface area contributed by atoms with Gasteiger partial charge in [-0.3, -0.25) is 9.48 Å². The van der Waals surface area contributed by atoms with Crippen LogP contribution in [0.2, 0.25) is 0 Å². The Morgan fingerprint density at radius 2 is 1.38 bits per heavy atom. The van der Waals surface area contributed by atoms with Gasteiger partial charge in [0, 0.05) is 18.7 Å². The van der Waals surface area contributed by atoms with E-state index in [4.69, 9.17) is 0 Å². The molecule has 0 bridgehead atoms. The summed E-state index contributed by atoms with van der Waals surface area (Å²) in [4.78, 5) is 13.4. The average Bonchev–Trinajstić information content (AvgIpc) is 3.28. The fourth-order valence-electron chi connectivity index (χ4n) is 4.68. The van der Waals surface area contributed by atoms with Crippen molar-refractivity contribution < 1.29 is 4.79 Å². The predicted octanol–water partition coefficient (Wildman–Crippen LogP) is 7.04. The second-order valence-corrected chi connectivity index (χ2v) is 10.8. The van der Waals surface area contributed by atoms with E-state index in [0.29, 0.717) is 23.5 Å². The lowest BCUT2D eigenvalue weighted by Crippen LogP contribution is -2.39. The number of aryl methyl sites for hydroxylation is 1. The Morgan fingerprint density at radius 1 is 0.897 bits per heavy atom. The molecule has 2 N–H and O–H groups in total. The molecule has 6 nitrogen and oxygen atoms in total. The van der Waals surface area contributed by atoms with Gasteiger partial charge in [-0.05, 0) is 34.9 Å². The number of hydrogen-bond donors (Lipinski definition) is 2. The van der Waals surface area contributed by atoms with Gasteiger partial charge in [-0.1, -0.05) is 112 Å². The van der Waals surface area contributed by atoms with Crippen LogP contribution in [0.15, 0.2) is 109 Å². The van der Waals surface area contributed by atoms with Gasteiger partial charge in [-0.25, -0.2) is 0 Å². The Hall–Kier alpha value is -4.63. The Labute approximate surface area is 231 Å². The minimum atomic E-state index is -0.783. The molecule has 1 amide bonds. The summed E-state index contributed by atoms with van der Waals surface area (Å²) in [6.45, 7) is 6.36. The normalized spacial score (nSPS) is 12.0. The molecule has 0 aliphatic carbocycles. The maximum absolute atomic E-state index is 13.4. The van der Waals surface area contributed by atoms with E-state index < -0.39 is 5.54 Å². The first kappa shape index (κ1) is 27.4. The zero-order valence-electron chi connectivity index (χ0n) is 23.0. The van der Waals surface area contributed by atoms with Crippen LogP contribution in [-0.2, 0) is 17.4 Å². The predicted molar refractivity (Wildman–Crippen MR) is 157 cm³/mol. The minimum Gasteiger partial charge on any atom is -0.351 e. The third-order valence-electron chi connectivity index (χ3n) is 6.79. The molecule has 0 aliphatic rings. The molecule has 6 heteroatoms. The average molecular weight is 518 g/mol. The number of rotatable bonds is 9. The summed E-state index contributed by atoms with van der Waals surface area (Å²) in [7, 11) is 1.84. The lowest BCUT2D eigenvalue weighted by atomic mass is 9.77. The first-order chi connectivity index (χ1) is 18.7. The van der Waals surface area contributed by atoms with Crippen LogP contribution in [0.5, 0.6) is 0 Å². The van der Waals surface area contributed by atoms with Gasteiger partial charge in [0.15, 0.2) is 0 Å². The Kier molecular flexibility index (Phi) is 8.31. The van der Waals surface area contributed by atoms with Crippen LogP contribution in [0.1, 0.15) is 50.3 Å². The van der Waals surface area contributed by atoms with Crippen LogP contribution >= 0.6 is 0 Å². The second kappa shape index (κ2) is 11.8. The zero-order valence-corrected chi connectivity index (χ0v) is 23.0. The van der Waals surface area contributed by atoms with Gasteiger partial charge in [0.1, 0.15) is 17.0 Å². The number of allylic oxidation sites excluding steroid dienone is 1. The Morgan fingerprint density at radius 3 is 1.82 bits per heavy atom. The monoisotopic (exact) mass is 517 g/mol. The van der Waals surface area contributed by atoms with Crippen molar-refractivity contribution in [3.05, 3.63) is 126 Å². The molecule has 198 valence electrons. The van der Waals surface area contributed by atoms with E-state index in [9.17, 15) is 10.1 Å². The van der Waals surface area contributed by atoms with E-state index in [2.05, 4.69) is 72.9 Å². The first-order valence-corrected chi connectivity index (χ1v) is 13.1. The number of carbonyl (C=O) groups excluding carboxylic acids is 1. The van der Waals surface area contributed by atoms with Crippen molar-refractivity contribution in [1.82, 2.24) is 9.78 Å². The maximum atomic E-state index is 13.4. The quantitative estimate of drug-likeness (QED) is 0.142. The number of nitrogens with zero attached hydrogens (tertiary/aromatic N) is 3. The third-order valence-corrected chi connectivity index (χ3v) is 6.79. The number of carbonyl (C=O) groups is 1. The van der Waals surface area contributed by atoms with Gasteiger partial charge in [0.25, 0.3) is 5.91 Å². The fraction of sp³-hybridized carbons (Fsp3) is 0.242. The summed E-state index contributed by atoms with van der Waals surface area (Å²) >= 11 is 0. The van der Waals surface area contributed by atoms with Crippen LogP contribution in [0.25, 0.3) is 0 Å². The maximum Gasteiger partial charge on any atom is 0.252 e. The molecule has 0 radical (unpaired) electrons. The van der Waals surface area contributed by atoms with Gasteiger partial charge in [0.2, 0.25) is 0 Å². The van der Waals surface area contributed by atoms with E-state index in [1.54, 1.807) is 10.9 Å². The fourth-order valence-corrected chi connectivity index (χ4v) is 4.68. The van der Waals surface area contributed by atoms with Crippen molar-refractivity contribution in [2.45, 2.75) is 39.2 Å². The summed E-state index contributed by atoms with van der Waals surface area (Å²) in [5.74, 6) is 0.341. The number of nitriles is 1. The van der Waals surface area contributed by atoms with Crippen molar-refractivity contribution in [3.63, 3.8) is 0 Å². The second-order valence-electron chi connectivity index (χ2n) is 10.8. The minimum absolute atomic E-state index is 0.0382. The molecular formula is C33H35N5O. The molecule has 0 saturated carbocycles. The number of hydrogen-bond acceptors (Lipinski definition) is 4. The highest BCUT2D eigenvalue weighted by Crippen LogP contribution is 2.41. The summed E-state index contributed by atoms with van der Waals surface area (Å²) in [6.07, 6.45) is 4.27. The van der Waals surface area contributed by atoms with Gasteiger partial charge < -0.3 is 10.6 Å². The van der Waals surface area contributed by atoms with Crippen molar-refractivity contribution in [2.75, 3.05) is 10.6 Å². The molecule has 1 aromatic heterocycles. The molecule has 0 fully saturated rings. The highest BCUT2D eigenvalue weighted by molar-refractivity contribution is 6.05. The van der Waals surface area contributed by atoms with Gasteiger partial charge in [0.05, 0.1) is 12.3 Å². The SMILES string of the molecule is Cn1ncc(NC(=O)/C(=C/C#N)CCC(C)(C)C)c1NC(c1ccccc1)(c1ccccc1)c1ccccc1. The van der Waals surface area contributed by atoms with Crippen LogP contribution in [0.3, 0.4) is 0 Å². The van der Waals surface area contributed by atoms with Crippen LogP contribution in [-0.4, -0.2) is 15.7 Å². The molecule has 1 heterocycles. The molecule has 0 unspecified atom stereocenters. The Bertz CT molecular complexity index is 1360. The Balaban J connectivity index is 1.80. The topological polar surface area (TPSA) is 82.7 Å². The third kappa shape index (κ3) is 6.27. The summed E-state index contributed by atoms with van der Waals surface area (Å²) < 4.78 is 1.72. The lowest BCUT2D eigenvalue weighted by molar-refractivity contribution is -0.113. The largest absolute Gasteiger partial charge is 0.351 e. The molecule has 3 aromatic carbocycles. The standard InChI is InChI=1S/C33H35N5O/c1-32(2,3)22-20-25(21-23-34)31(39)36-29-24-35-38(4)30(29)37-33(26-14-8-5-9-15-26,27-16-10-6-11-17-27)28-18-12-7-13-19-28/h5-19,21,24,37H,20,22H2,1-4H3,(H,36,39)/b25-21+. The molecule has 0 aliphatic heterocycles. The number of benzene rings is 3. The first-order valence-electron chi connectivity index (χ1n) is 13.1. The van der Waals surface area contributed by atoms with Crippen molar-refractivity contribution in [1.29, 1.82) is 5.26 Å². The summed E-state index contributed by atoms with van der Waals surface area (Å²) in [5.41, 5.74) is 3.35. The van der Waals surface area contributed by atoms with Crippen LogP contribution < -0.4 is 10.6 Å². The molecular weight excluding hydrogens is 482 g/mol. The van der Waals surface area contributed by atoms with E-state index in [1.807, 2.05) is 67.7 Å². The van der Waals surface area contributed by atoms with Crippen molar-refractivity contribution in [2.24, 2.45) is 12.5 Å². The van der Waals surface area contributed by atoms with Crippen molar-refractivity contribution in [3.8, 4) is 6.07 Å². The molecule has 0 atom stereocenters. The van der Waals surface area contributed by atoms with Crippen LogP contribution in [0, 0.1) is 16.7 Å². The smallest absolute Gasteiger partial charge is 0.252 e. The summed E-state index contributed by atoms with van der Waals surface area (Å²) in [5, 5.41) is 20.6. The van der Waals surface area contributed by atoms with Gasteiger partial charge >= 0.3 is 0 Å². The number of nitrogens with one attached hydrogen (secondary N) is 2. The number of anilines is 2. The van der Waals surface area contributed by atoms with E-state index in [1.165, 1.54) is 6.08 Å². The number of amides is 1. The molecule has 0 saturated heterocycles. The molecule has 39 heavy (non-hydrogen) atoms. The molecule has 0 spiro atoms. The summed E-state index contributed by atoms with van der Waals surface area (Å²) in [6, 6.07) is 32.8. The van der Waals surface area contributed by atoms with E-state index in [0.717, 1.165) is 23.1 Å². The van der Waals surface area contributed by atoms with Gasteiger partial charge in [-0.15, -0.1) is 0 Å². The highest BCUT2D eigenvalue weighted by atomic mass is 16.1. The van der Waals surface area contributed by atoms with Crippen molar-refractivity contribution >= 4 is 17.4 Å². The zero-order chi connectivity index (χ0) is 27.9. The van der Waals surface area contributed by atoms with E-state index >= 15 is 0 Å². The highest BCUT2D eigenvalue weighted by Gasteiger charge is 2.38. The van der Waals surface area contributed by atoms with E-state index in [-0.39, 0.29) is 11.3 Å².